The first-order valence-corrected chi connectivity index (χ1v) is 7.33. The van der Waals surface area contributed by atoms with E-state index in [1.807, 2.05) is 42.7 Å². The molecular formula is C16H19N3O2. The van der Waals surface area contributed by atoms with Gasteiger partial charge in [-0.05, 0) is 32.3 Å². The first kappa shape index (κ1) is 13.8. The number of benzene rings is 1. The van der Waals surface area contributed by atoms with Gasteiger partial charge in [0.25, 0.3) is 0 Å². The first-order valence-electron chi connectivity index (χ1n) is 7.33. The zero-order valence-corrected chi connectivity index (χ0v) is 12.3. The third-order valence-corrected chi connectivity index (χ3v) is 3.70. The average molecular weight is 285 g/mol. The molecule has 1 unspecified atom stereocenters. The fraction of sp³-hybridized carbons (Fsp3) is 0.438. The van der Waals surface area contributed by atoms with E-state index in [1.165, 1.54) is 0 Å². The molecule has 0 radical (unpaired) electrons. The fourth-order valence-corrected chi connectivity index (χ4v) is 2.56. The number of rotatable bonds is 5. The van der Waals surface area contributed by atoms with E-state index in [2.05, 4.69) is 10.2 Å². The van der Waals surface area contributed by atoms with Crippen LogP contribution in [0.1, 0.15) is 48.7 Å². The van der Waals surface area contributed by atoms with Gasteiger partial charge in [-0.25, -0.2) is 0 Å². The van der Waals surface area contributed by atoms with Gasteiger partial charge in [0.1, 0.15) is 12.2 Å². The molecule has 1 atom stereocenters. The van der Waals surface area contributed by atoms with Crippen LogP contribution >= 0.6 is 0 Å². The highest BCUT2D eigenvalue weighted by Crippen LogP contribution is 2.38. The van der Waals surface area contributed by atoms with Crippen molar-refractivity contribution in [1.29, 1.82) is 0 Å². The van der Waals surface area contributed by atoms with Crippen LogP contribution in [-0.4, -0.2) is 27.3 Å². The van der Waals surface area contributed by atoms with Crippen LogP contribution in [0.15, 0.2) is 30.6 Å². The van der Waals surface area contributed by atoms with Crippen molar-refractivity contribution in [1.82, 2.24) is 14.8 Å². The van der Waals surface area contributed by atoms with Crippen molar-refractivity contribution in [2.75, 3.05) is 6.61 Å². The fourth-order valence-electron chi connectivity index (χ4n) is 2.56. The average Bonchev–Trinajstić information content (AvgIpc) is 3.19. The van der Waals surface area contributed by atoms with Gasteiger partial charge in [0.15, 0.2) is 5.82 Å². The number of aromatic nitrogens is 3. The zero-order chi connectivity index (χ0) is 14.8. The summed E-state index contributed by atoms with van der Waals surface area (Å²) in [4.78, 5) is 12.4. The Morgan fingerprint density at radius 3 is 2.95 bits per heavy atom. The highest BCUT2D eigenvalue weighted by Gasteiger charge is 2.34. The van der Waals surface area contributed by atoms with Crippen LogP contribution in [0, 0.1) is 6.92 Å². The van der Waals surface area contributed by atoms with Crippen molar-refractivity contribution < 1.29 is 9.53 Å². The predicted octanol–water partition coefficient (Wildman–Crippen LogP) is 2.62. The molecule has 1 aliphatic carbocycles. The molecule has 0 N–H and O–H groups in total. The molecule has 5 heteroatoms. The molecule has 5 nitrogen and oxygen atoms in total. The Morgan fingerprint density at radius 2 is 2.29 bits per heavy atom. The minimum absolute atomic E-state index is 0.266. The van der Waals surface area contributed by atoms with Gasteiger partial charge in [0.05, 0.1) is 6.61 Å². The summed E-state index contributed by atoms with van der Waals surface area (Å²) in [6.07, 6.45) is 3.96. The summed E-state index contributed by atoms with van der Waals surface area (Å²) in [6.45, 7) is 4.19. The van der Waals surface area contributed by atoms with Crippen LogP contribution in [0.25, 0.3) is 0 Å². The van der Waals surface area contributed by atoms with Crippen LogP contribution in [0.3, 0.4) is 0 Å². The van der Waals surface area contributed by atoms with Gasteiger partial charge >= 0.3 is 5.97 Å². The van der Waals surface area contributed by atoms with E-state index in [4.69, 9.17) is 4.74 Å². The second kappa shape index (κ2) is 5.68. The molecular weight excluding hydrogens is 266 g/mol. The van der Waals surface area contributed by atoms with Crippen LogP contribution in [-0.2, 0) is 9.53 Å². The van der Waals surface area contributed by atoms with Crippen molar-refractivity contribution in [3.63, 3.8) is 0 Å². The lowest BCUT2D eigenvalue weighted by Gasteiger charge is -2.17. The summed E-state index contributed by atoms with van der Waals surface area (Å²) in [5.41, 5.74) is 2.02. The van der Waals surface area contributed by atoms with Crippen LogP contribution in [0.2, 0.25) is 0 Å². The Labute approximate surface area is 124 Å². The Hall–Kier alpha value is -2.17. The van der Waals surface area contributed by atoms with Gasteiger partial charge < -0.3 is 9.30 Å². The van der Waals surface area contributed by atoms with Crippen LogP contribution in [0.5, 0.6) is 0 Å². The second-order valence-electron chi connectivity index (χ2n) is 5.43. The topological polar surface area (TPSA) is 57.0 Å². The summed E-state index contributed by atoms with van der Waals surface area (Å²) >= 11 is 0. The van der Waals surface area contributed by atoms with E-state index >= 15 is 0 Å². The molecule has 21 heavy (non-hydrogen) atoms. The molecule has 3 rings (SSSR count). The second-order valence-corrected chi connectivity index (χ2v) is 5.43. The normalized spacial score (nSPS) is 15.7. The Bertz CT molecular complexity index is 646. The van der Waals surface area contributed by atoms with Crippen molar-refractivity contribution in [3.05, 3.63) is 47.5 Å². The molecule has 0 aliphatic heterocycles. The Kier molecular flexibility index (Phi) is 3.73. The van der Waals surface area contributed by atoms with E-state index in [0.717, 1.165) is 24.0 Å². The third kappa shape index (κ3) is 2.82. The van der Waals surface area contributed by atoms with Gasteiger partial charge in [0.2, 0.25) is 0 Å². The lowest BCUT2D eigenvalue weighted by Crippen LogP contribution is -2.21. The van der Waals surface area contributed by atoms with E-state index in [1.54, 1.807) is 6.33 Å². The van der Waals surface area contributed by atoms with Gasteiger partial charge in [-0.15, -0.1) is 10.2 Å². The predicted molar refractivity (Wildman–Crippen MR) is 77.9 cm³/mol. The van der Waals surface area contributed by atoms with Crippen molar-refractivity contribution in [2.24, 2.45) is 0 Å². The lowest BCUT2D eigenvalue weighted by atomic mass is 9.96. The molecule has 0 amide bonds. The quantitative estimate of drug-likeness (QED) is 0.792. The van der Waals surface area contributed by atoms with Gasteiger partial charge in [0, 0.05) is 6.04 Å². The van der Waals surface area contributed by atoms with Gasteiger partial charge in [-0.1, -0.05) is 29.8 Å². The molecule has 1 saturated carbocycles. The van der Waals surface area contributed by atoms with Crippen molar-refractivity contribution in [2.45, 2.75) is 38.6 Å². The number of carbonyl (C=O) groups excluding carboxylic acids is 1. The summed E-state index contributed by atoms with van der Waals surface area (Å²) in [5, 5.41) is 8.20. The maximum Gasteiger partial charge on any atom is 0.321 e. The standard InChI is InChI=1S/C16H19N3O2/c1-3-21-16(20)14(12-6-4-5-11(2)9-12)15-18-17-10-19(15)13-7-8-13/h4-6,9-10,13-14H,3,7-8H2,1-2H3. The van der Waals surface area contributed by atoms with E-state index in [9.17, 15) is 4.79 Å². The highest BCUT2D eigenvalue weighted by molar-refractivity contribution is 5.81. The zero-order valence-electron chi connectivity index (χ0n) is 12.3. The van der Waals surface area contributed by atoms with E-state index in [-0.39, 0.29) is 5.97 Å². The summed E-state index contributed by atoms with van der Waals surface area (Å²) in [6, 6.07) is 8.34. The van der Waals surface area contributed by atoms with Crippen LogP contribution in [0.4, 0.5) is 0 Å². The first-order chi connectivity index (χ1) is 10.2. The third-order valence-electron chi connectivity index (χ3n) is 3.70. The van der Waals surface area contributed by atoms with Crippen molar-refractivity contribution >= 4 is 5.97 Å². The van der Waals surface area contributed by atoms with Gasteiger partial charge in [-0.3, -0.25) is 4.79 Å². The monoisotopic (exact) mass is 285 g/mol. The summed E-state index contributed by atoms with van der Waals surface area (Å²) in [7, 11) is 0. The largest absolute Gasteiger partial charge is 0.465 e. The maximum atomic E-state index is 12.4. The number of aryl methyl sites for hydroxylation is 1. The highest BCUT2D eigenvalue weighted by atomic mass is 16.5. The summed E-state index contributed by atoms with van der Waals surface area (Å²) in [5.74, 6) is -0.0903. The van der Waals surface area contributed by atoms with Gasteiger partial charge in [-0.2, -0.15) is 0 Å². The number of esters is 1. The smallest absolute Gasteiger partial charge is 0.321 e. The molecule has 1 heterocycles. The minimum Gasteiger partial charge on any atom is -0.465 e. The molecule has 0 saturated heterocycles. The minimum atomic E-state index is -0.507. The SMILES string of the molecule is CCOC(=O)C(c1cccc(C)c1)c1nncn1C1CC1. The molecule has 1 aliphatic rings. The molecule has 0 spiro atoms. The van der Waals surface area contributed by atoms with Crippen molar-refractivity contribution in [3.8, 4) is 0 Å². The van der Waals surface area contributed by atoms with E-state index < -0.39 is 5.92 Å². The summed E-state index contributed by atoms with van der Waals surface area (Å²) < 4.78 is 7.27. The molecule has 1 aromatic carbocycles. The molecule has 0 bridgehead atoms. The molecule has 1 fully saturated rings. The Balaban J connectivity index is 2.03. The van der Waals surface area contributed by atoms with E-state index in [0.29, 0.717) is 18.5 Å². The molecule has 1 aromatic heterocycles. The number of hydrogen-bond acceptors (Lipinski definition) is 4. The van der Waals surface area contributed by atoms with Crippen LogP contribution < -0.4 is 0 Å². The Morgan fingerprint density at radius 1 is 1.48 bits per heavy atom. The lowest BCUT2D eigenvalue weighted by molar-refractivity contribution is -0.144. The number of nitrogens with zero attached hydrogens (tertiary/aromatic N) is 3. The number of carbonyl (C=O) groups is 1. The number of hydrogen-bond donors (Lipinski definition) is 0. The molecule has 2 aromatic rings. The number of ether oxygens (including phenoxy) is 1. The molecule has 110 valence electrons. The maximum absolute atomic E-state index is 12.4.